The fourth-order valence-electron chi connectivity index (χ4n) is 2.62. The van der Waals surface area contributed by atoms with Gasteiger partial charge in [-0.1, -0.05) is 62.8 Å². The molecule has 0 aromatic heterocycles. The lowest BCUT2D eigenvalue weighted by Gasteiger charge is -2.19. The van der Waals surface area contributed by atoms with E-state index in [2.05, 4.69) is 51.3 Å². The topological polar surface area (TPSA) is 12.0 Å². The van der Waals surface area contributed by atoms with Gasteiger partial charge >= 0.3 is 0 Å². The monoisotopic (exact) mass is 247 g/mol. The minimum atomic E-state index is 0.521. The van der Waals surface area contributed by atoms with E-state index in [0.29, 0.717) is 6.04 Å². The Morgan fingerprint density at radius 2 is 1.78 bits per heavy atom. The van der Waals surface area contributed by atoms with Crippen LogP contribution in [-0.4, -0.2) is 7.05 Å². The highest BCUT2D eigenvalue weighted by Gasteiger charge is 2.11. The Morgan fingerprint density at radius 1 is 1.06 bits per heavy atom. The molecule has 1 unspecified atom stereocenters. The number of hydrogen-bond donors (Lipinski definition) is 1. The predicted octanol–water partition coefficient (Wildman–Crippen LogP) is 4.92. The van der Waals surface area contributed by atoms with Crippen molar-refractivity contribution < 1.29 is 0 Å². The van der Waals surface area contributed by atoms with Gasteiger partial charge in [0.2, 0.25) is 0 Å². The molecule has 0 fully saturated rings. The number of hydrogen-bond acceptors (Lipinski definition) is 1. The zero-order valence-corrected chi connectivity index (χ0v) is 12.6. The summed E-state index contributed by atoms with van der Waals surface area (Å²) in [6.07, 6.45) is 8.06. The van der Waals surface area contributed by atoms with Gasteiger partial charge in [-0.15, -0.1) is 0 Å². The molecular formula is C17H29N. The lowest BCUT2D eigenvalue weighted by atomic mass is 9.95. The molecule has 1 rings (SSSR count). The first-order chi connectivity index (χ1) is 8.69. The van der Waals surface area contributed by atoms with Crippen LogP contribution in [0.5, 0.6) is 0 Å². The Morgan fingerprint density at radius 3 is 2.39 bits per heavy atom. The second kappa shape index (κ2) is 8.31. The van der Waals surface area contributed by atoms with Crippen molar-refractivity contribution in [1.29, 1.82) is 0 Å². The van der Waals surface area contributed by atoms with E-state index in [1.54, 1.807) is 0 Å². The van der Waals surface area contributed by atoms with Crippen molar-refractivity contribution in [3.05, 3.63) is 34.9 Å². The van der Waals surface area contributed by atoms with Crippen LogP contribution in [0.3, 0.4) is 0 Å². The second-order valence-corrected chi connectivity index (χ2v) is 5.40. The molecule has 102 valence electrons. The molecule has 1 aromatic carbocycles. The highest BCUT2D eigenvalue weighted by Crippen LogP contribution is 2.23. The Balaban J connectivity index is 2.49. The van der Waals surface area contributed by atoms with Crippen LogP contribution >= 0.6 is 0 Å². The Hall–Kier alpha value is -0.820. The molecule has 0 amide bonds. The summed E-state index contributed by atoms with van der Waals surface area (Å²) in [6, 6.07) is 7.32. The van der Waals surface area contributed by atoms with Crippen LogP contribution in [0.1, 0.15) is 68.2 Å². The smallest absolute Gasteiger partial charge is 0.0320 e. The van der Waals surface area contributed by atoms with Crippen molar-refractivity contribution >= 4 is 0 Å². The first-order valence-electron chi connectivity index (χ1n) is 7.43. The number of rotatable bonds is 8. The molecule has 1 atom stereocenters. The van der Waals surface area contributed by atoms with Gasteiger partial charge in [-0.05, 0) is 38.4 Å². The highest BCUT2D eigenvalue weighted by atomic mass is 14.9. The summed E-state index contributed by atoms with van der Waals surface area (Å²) in [6.45, 7) is 6.66. The third-order valence-corrected chi connectivity index (χ3v) is 3.75. The summed E-state index contributed by atoms with van der Waals surface area (Å²) in [7, 11) is 2.08. The quantitative estimate of drug-likeness (QED) is 0.643. The predicted molar refractivity (Wildman–Crippen MR) is 81.1 cm³/mol. The molecule has 0 aliphatic rings. The molecule has 0 radical (unpaired) electrons. The van der Waals surface area contributed by atoms with Crippen LogP contribution in [0.25, 0.3) is 0 Å². The standard InChI is InChI=1S/C17H29N/c1-5-6-7-8-9-10-17(18-4)16-12-11-14(2)13-15(16)3/h11-13,17-18H,5-10H2,1-4H3. The van der Waals surface area contributed by atoms with Gasteiger partial charge in [0.25, 0.3) is 0 Å². The van der Waals surface area contributed by atoms with Gasteiger partial charge in [0.1, 0.15) is 0 Å². The summed E-state index contributed by atoms with van der Waals surface area (Å²) >= 11 is 0. The molecule has 0 bridgehead atoms. The molecule has 0 saturated heterocycles. The van der Waals surface area contributed by atoms with E-state index in [1.165, 1.54) is 55.2 Å². The van der Waals surface area contributed by atoms with E-state index < -0.39 is 0 Å². The summed E-state index contributed by atoms with van der Waals surface area (Å²) in [4.78, 5) is 0. The maximum absolute atomic E-state index is 3.47. The molecule has 0 heterocycles. The average molecular weight is 247 g/mol. The van der Waals surface area contributed by atoms with Crippen molar-refractivity contribution in [1.82, 2.24) is 5.32 Å². The fourth-order valence-corrected chi connectivity index (χ4v) is 2.62. The van der Waals surface area contributed by atoms with Gasteiger partial charge in [-0.3, -0.25) is 0 Å². The van der Waals surface area contributed by atoms with Crippen LogP contribution in [0, 0.1) is 13.8 Å². The molecule has 18 heavy (non-hydrogen) atoms. The molecule has 0 aliphatic carbocycles. The molecule has 0 saturated carbocycles. The van der Waals surface area contributed by atoms with Crippen molar-refractivity contribution in [3.8, 4) is 0 Å². The van der Waals surface area contributed by atoms with Crippen LogP contribution in [0.2, 0.25) is 0 Å². The second-order valence-electron chi connectivity index (χ2n) is 5.40. The fraction of sp³-hybridized carbons (Fsp3) is 0.647. The van der Waals surface area contributed by atoms with E-state index in [4.69, 9.17) is 0 Å². The average Bonchev–Trinajstić information content (AvgIpc) is 2.35. The van der Waals surface area contributed by atoms with Crippen LogP contribution in [0.15, 0.2) is 18.2 Å². The van der Waals surface area contributed by atoms with E-state index in [-0.39, 0.29) is 0 Å². The molecule has 1 aromatic rings. The van der Waals surface area contributed by atoms with Crippen molar-refractivity contribution in [3.63, 3.8) is 0 Å². The SMILES string of the molecule is CCCCCCCC(NC)c1ccc(C)cc1C. The summed E-state index contributed by atoms with van der Waals surface area (Å²) in [5.41, 5.74) is 4.25. The maximum Gasteiger partial charge on any atom is 0.0320 e. The summed E-state index contributed by atoms with van der Waals surface area (Å²) in [5, 5.41) is 3.47. The van der Waals surface area contributed by atoms with Gasteiger partial charge in [-0.2, -0.15) is 0 Å². The van der Waals surface area contributed by atoms with Gasteiger partial charge < -0.3 is 5.32 Å². The summed E-state index contributed by atoms with van der Waals surface area (Å²) < 4.78 is 0. The molecule has 1 N–H and O–H groups in total. The molecule has 1 heteroatoms. The third kappa shape index (κ3) is 4.81. The minimum Gasteiger partial charge on any atom is -0.313 e. The van der Waals surface area contributed by atoms with Crippen molar-refractivity contribution in [2.45, 2.75) is 65.3 Å². The Labute approximate surface area is 113 Å². The molecule has 0 spiro atoms. The minimum absolute atomic E-state index is 0.521. The largest absolute Gasteiger partial charge is 0.313 e. The van der Waals surface area contributed by atoms with Crippen molar-refractivity contribution in [2.75, 3.05) is 7.05 Å². The molecule has 0 aliphatic heterocycles. The lowest BCUT2D eigenvalue weighted by molar-refractivity contribution is 0.499. The Kier molecular flexibility index (Phi) is 7.04. The zero-order chi connectivity index (χ0) is 13.4. The number of benzene rings is 1. The van der Waals surface area contributed by atoms with E-state index in [1.807, 2.05) is 0 Å². The van der Waals surface area contributed by atoms with Crippen molar-refractivity contribution in [2.24, 2.45) is 0 Å². The van der Waals surface area contributed by atoms with E-state index >= 15 is 0 Å². The zero-order valence-electron chi connectivity index (χ0n) is 12.6. The number of nitrogens with one attached hydrogen (secondary N) is 1. The van der Waals surface area contributed by atoms with Crippen LogP contribution in [-0.2, 0) is 0 Å². The number of unbranched alkanes of at least 4 members (excludes halogenated alkanes) is 4. The van der Waals surface area contributed by atoms with Crippen LogP contribution < -0.4 is 5.32 Å². The summed E-state index contributed by atoms with van der Waals surface area (Å²) in [5.74, 6) is 0. The van der Waals surface area contributed by atoms with Gasteiger partial charge in [0, 0.05) is 6.04 Å². The van der Waals surface area contributed by atoms with Crippen LogP contribution in [0.4, 0.5) is 0 Å². The molecular weight excluding hydrogens is 218 g/mol. The first kappa shape index (κ1) is 15.2. The first-order valence-corrected chi connectivity index (χ1v) is 7.43. The van der Waals surface area contributed by atoms with Gasteiger partial charge in [0.15, 0.2) is 0 Å². The van der Waals surface area contributed by atoms with E-state index in [0.717, 1.165) is 0 Å². The maximum atomic E-state index is 3.47. The Bertz CT molecular complexity index is 343. The van der Waals surface area contributed by atoms with Gasteiger partial charge in [-0.25, -0.2) is 0 Å². The lowest BCUT2D eigenvalue weighted by Crippen LogP contribution is -2.17. The highest BCUT2D eigenvalue weighted by molar-refractivity contribution is 5.32. The normalized spacial score (nSPS) is 12.7. The number of aryl methyl sites for hydroxylation is 2. The third-order valence-electron chi connectivity index (χ3n) is 3.75. The van der Waals surface area contributed by atoms with E-state index in [9.17, 15) is 0 Å². The molecule has 1 nitrogen and oxygen atoms in total. The van der Waals surface area contributed by atoms with Gasteiger partial charge in [0.05, 0.1) is 0 Å².